The van der Waals surface area contributed by atoms with E-state index >= 15 is 0 Å². The Bertz CT molecular complexity index is 1780. The average molecular weight is 1330 g/mol. The van der Waals surface area contributed by atoms with Crippen molar-refractivity contribution in [2.24, 2.45) is 23.7 Å². The molecule has 0 bridgehead atoms. The Balaban J connectivity index is 5.24. The molecule has 0 aromatic rings. The third kappa shape index (κ3) is 63.5. The van der Waals surface area contributed by atoms with Crippen molar-refractivity contribution in [1.82, 2.24) is 0 Å². The minimum Gasteiger partial charge on any atom is -0.462 e. The molecule has 0 spiro atoms. The Kier molecular flexibility index (Phi) is 59.4. The van der Waals surface area contributed by atoms with Gasteiger partial charge < -0.3 is 33.8 Å². The molecule has 0 saturated heterocycles. The molecular formula is C71H138O17P2. The van der Waals surface area contributed by atoms with E-state index in [4.69, 9.17) is 37.0 Å². The quantitative estimate of drug-likeness (QED) is 0.0222. The predicted octanol–water partition coefficient (Wildman–Crippen LogP) is 20.1. The maximum atomic E-state index is 13.0. The summed E-state index contributed by atoms with van der Waals surface area (Å²) in [5.41, 5.74) is 0. The Morgan fingerprint density at radius 2 is 0.533 bits per heavy atom. The van der Waals surface area contributed by atoms with E-state index in [1.54, 1.807) is 0 Å². The summed E-state index contributed by atoms with van der Waals surface area (Å²) >= 11 is 0. The SMILES string of the molecule is CCC(C)CCCCCCCCCCCCC(=O)O[C@H](COC(=O)CCCCCCCCCCCCCCCC(C)C)COP(=O)(O)OC[C@@H](O)COP(=O)(O)OC[C@@H](COC(=O)CCCCCCCCC(C)C)OC(=O)CCCCCCCCCCC(C)C. The number of phosphoric ester groups is 2. The van der Waals surface area contributed by atoms with E-state index in [-0.39, 0.29) is 25.7 Å². The van der Waals surface area contributed by atoms with E-state index in [0.29, 0.717) is 31.6 Å². The Hall–Kier alpha value is -1.94. The largest absolute Gasteiger partial charge is 0.472 e. The van der Waals surface area contributed by atoms with Gasteiger partial charge in [-0.15, -0.1) is 0 Å². The second kappa shape index (κ2) is 60.7. The molecule has 0 radical (unpaired) electrons. The molecule has 3 unspecified atom stereocenters. The van der Waals surface area contributed by atoms with E-state index in [0.717, 1.165) is 114 Å². The van der Waals surface area contributed by atoms with Gasteiger partial charge >= 0.3 is 39.5 Å². The summed E-state index contributed by atoms with van der Waals surface area (Å²) in [4.78, 5) is 72.5. The molecule has 0 aliphatic rings. The highest BCUT2D eigenvalue weighted by Crippen LogP contribution is 2.45. The lowest BCUT2D eigenvalue weighted by Gasteiger charge is -2.21. The summed E-state index contributed by atoms with van der Waals surface area (Å²) in [5, 5.41) is 10.6. The zero-order valence-electron chi connectivity index (χ0n) is 58.8. The fourth-order valence-electron chi connectivity index (χ4n) is 10.6. The molecule has 0 rings (SSSR count). The molecule has 0 aliphatic heterocycles. The van der Waals surface area contributed by atoms with Gasteiger partial charge in [-0.05, 0) is 49.4 Å². The van der Waals surface area contributed by atoms with Crippen molar-refractivity contribution >= 4 is 39.5 Å². The van der Waals surface area contributed by atoms with Gasteiger partial charge in [-0.2, -0.15) is 0 Å². The van der Waals surface area contributed by atoms with Crippen LogP contribution in [-0.4, -0.2) is 96.7 Å². The van der Waals surface area contributed by atoms with Crippen molar-refractivity contribution < 1.29 is 80.2 Å². The maximum absolute atomic E-state index is 13.0. The third-order valence-electron chi connectivity index (χ3n) is 16.7. The highest BCUT2D eigenvalue weighted by Gasteiger charge is 2.30. The minimum atomic E-state index is -4.95. The van der Waals surface area contributed by atoms with Gasteiger partial charge in [0.25, 0.3) is 0 Å². The number of esters is 4. The van der Waals surface area contributed by atoms with E-state index in [2.05, 4.69) is 55.4 Å². The molecular weight excluding hydrogens is 1190 g/mol. The van der Waals surface area contributed by atoms with Crippen molar-refractivity contribution in [3.05, 3.63) is 0 Å². The zero-order chi connectivity index (χ0) is 66.8. The van der Waals surface area contributed by atoms with Crippen molar-refractivity contribution in [3.63, 3.8) is 0 Å². The summed E-state index contributed by atoms with van der Waals surface area (Å²) in [6.07, 6.45) is 43.2. The predicted molar refractivity (Wildman–Crippen MR) is 363 cm³/mol. The first-order chi connectivity index (χ1) is 43.1. The molecule has 17 nitrogen and oxygen atoms in total. The van der Waals surface area contributed by atoms with Gasteiger partial charge in [-0.3, -0.25) is 37.3 Å². The van der Waals surface area contributed by atoms with E-state index < -0.39 is 97.5 Å². The Morgan fingerprint density at radius 1 is 0.311 bits per heavy atom. The first-order valence-electron chi connectivity index (χ1n) is 36.7. The third-order valence-corrected chi connectivity index (χ3v) is 18.6. The van der Waals surface area contributed by atoms with E-state index in [1.807, 2.05) is 0 Å². The van der Waals surface area contributed by atoms with Crippen molar-refractivity contribution in [2.75, 3.05) is 39.6 Å². The van der Waals surface area contributed by atoms with Crippen molar-refractivity contribution in [2.45, 2.75) is 369 Å². The monoisotopic (exact) mass is 1320 g/mol. The van der Waals surface area contributed by atoms with Gasteiger partial charge in [0.1, 0.15) is 19.3 Å². The molecule has 3 N–H and O–H groups in total. The van der Waals surface area contributed by atoms with Gasteiger partial charge in [0.2, 0.25) is 0 Å². The number of rotatable bonds is 68. The van der Waals surface area contributed by atoms with Gasteiger partial charge in [0.05, 0.1) is 26.4 Å². The molecule has 90 heavy (non-hydrogen) atoms. The second-order valence-electron chi connectivity index (χ2n) is 27.3. The standard InChI is InChI=1S/C71H138O17P2/c1-9-64(8)50-42-34-25-18-15-16-20-27-37-45-53-70(75)87-66(57-81-68(73)51-43-35-26-19-14-12-10-11-13-17-23-31-39-47-61(2)3)59-85-89(77,78)83-55-65(72)56-84-90(79,80)86-60-67(58-82-69(74)52-44-36-30-29-33-41-49-63(6)7)88-71(76)54-46-38-28-22-21-24-32-40-48-62(4)5/h61-67,72H,9-60H2,1-8H3,(H,77,78)(H,79,80)/t64?,65-,66-,67-/m1/s1. The number of hydrogen-bond donors (Lipinski definition) is 3. The van der Waals surface area contributed by atoms with Crippen LogP contribution >= 0.6 is 15.6 Å². The number of aliphatic hydroxyl groups is 1. The van der Waals surface area contributed by atoms with Gasteiger partial charge in [-0.1, -0.05) is 299 Å². The van der Waals surface area contributed by atoms with Crippen LogP contribution in [0.25, 0.3) is 0 Å². The van der Waals surface area contributed by atoms with Crippen LogP contribution < -0.4 is 0 Å². The fourth-order valence-corrected chi connectivity index (χ4v) is 12.2. The fraction of sp³-hybridized carbons (Fsp3) is 0.944. The van der Waals surface area contributed by atoms with Crippen LogP contribution in [0.1, 0.15) is 351 Å². The molecule has 0 aromatic carbocycles. The summed E-state index contributed by atoms with van der Waals surface area (Å²) in [6.45, 7) is 14.1. The molecule has 534 valence electrons. The smallest absolute Gasteiger partial charge is 0.462 e. The summed E-state index contributed by atoms with van der Waals surface area (Å²) in [5.74, 6) is 0.861. The summed E-state index contributed by atoms with van der Waals surface area (Å²) in [6, 6.07) is 0. The van der Waals surface area contributed by atoms with Crippen LogP contribution in [0.4, 0.5) is 0 Å². The Labute approximate surface area is 549 Å². The maximum Gasteiger partial charge on any atom is 0.472 e. The lowest BCUT2D eigenvalue weighted by Crippen LogP contribution is -2.30. The number of unbranched alkanes of at least 4 members (excludes halogenated alkanes) is 33. The average Bonchev–Trinajstić information content (AvgIpc) is 2.82. The number of carbonyl (C=O) groups is 4. The van der Waals surface area contributed by atoms with Crippen LogP contribution in [0.15, 0.2) is 0 Å². The van der Waals surface area contributed by atoms with E-state index in [1.165, 1.54) is 148 Å². The Morgan fingerprint density at radius 3 is 0.789 bits per heavy atom. The minimum absolute atomic E-state index is 0.103. The molecule has 0 amide bonds. The first kappa shape index (κ1) is 88.1. The van der Waals surface area contributed by atoms with Crippen LogP contribution in [0.3, 0.4) is 0 Å². The topological polar surface area (TPSA) is 237 Å². The number of aliphatic hydroxyl groups excluding tert-OH is 1. The van der Waals surface area contributed by atoms with Crippen LogP contribution in [0.5, 0.6) is 0 Å². The normalized spacial score (nSPS) is 14.6. The molecule has 19 heteroatoms. The van der Waals surface area contributed by atoms with Crippen LogP contribution in [0, 0.1) is 23.7 Å². The lowest BCUT2D eigenvalue weighted by molar-refractivity contribution is -0.161. The number of hydrogen-bond acceptors (Lipinski definition) is 15. The van der Waals surface area contributed by atoms with E-state index in [9.17, 15) is 43.2 Å². The number of carbonyl (C=O) groups excluding carboxylic acids is 4. The van der Waals surface area contributed by atoms with Gasteiger partial charge in [-0.25, -0.2) is 9.13 Å². The molecule has 0 aromatic heterocycles. The van der Waals surface area contributed by atoms with Crippen molar-refractivity contribution in [3.8, 4) is 0 Å². The molecule has 0 fully saturated rings. The lowest BCUT2D eigenvalue weighted by atomic mass is 9.99. The summed E-state index contributed by atoms with van der Waals surface area (Å²) < 4.78 is 68.3. The number of ether oxygens (including phenoxy) is 4. The molecule has 0 aliphatic carbocycles. The molecule has 0 heterocycles. The highest BCUT2D eigenvalue weighted by molar-refractivity contribution is 7.47. The second-order valence-corrected chi connectivity index (χ2v) is 30.2. The molecule has 0 saturated carbocycles. The van der Waals surface area contributed by atoms with Crippen molar-refractivity contribution in [1.29, 1.82) is 0 Å². The molecule has 6 atom stereocenters. The van der Waals surface area contributed by atoms with Gasteiger partial charge in [0, 0.05) is 25.7 Å². The first-order valence-corrected chi connectivity index (χ1v) is 39.7. The zero-order valence-corrected chi connectivity index (χ0v) is 60.6. The highest BCUT2D eigenvalue weighted by atomic mass is 31.2. The summed E-state index contributed by atoms with van der Waals surface area (Å²) in [7, 11) is -9.90. The van der Waals surface area contributed by atoms with Crippen LogP contribution in [-0.2, 0) is 65.4 Å². The van der Waals surface area contributed by atoms with Gasteiger partial charge in [0.15, 0.2) is 12.2 Å². The van der Waals surface area contributed by atoms with Crippen LogP contribution in [0.2, 0.25) is 0 Å². The number of phosphoric acid groups is 2.